The summed E-state index contributed by atoms with van der Waals surface area (Å²) in [7, 11) is 0. The number of ether oxygens (including phenoxy) is 2. The van der Waals surface area contributed by atoms with Crippen molar-refractivity contribution in [2.75, 3.05) is 11.9 Å². The number of halogens is 3. The third-order valence-electron chi connectivity index (χ3n) is 4.69. The van der Waals surface area contributed by atoms with Gasteiger partial charge in [-0.1, -0.05) is 35.3 Å². The van der Waals surface area contributed by atoms with E-state index in [0.717, 1.165) is 5.56 Å². The number of nitrogens with one attached hydrogen (secondary N) is 1. The molecule has 0 atom stereocenters. The summed E-state index contributed by atoms with van der Waals surface area (Å²) in [5, 5.41) is 23.9. The highest BCUT2D eigenvalue weighted by Gasteiger charge is 2.16. The van der Waals surface area contributed by atoms with E-state index in [9.17, 15) is 20.2 Å². The molecule has 3 aromatic carbocycles. The van der Waals surface area contributed by atoms with Crippen LogP contribution >= 0.6 is 45.8 Å². The van der Waals surface area contributed by atoms with E-state index in [1.54, 1.807) is 30.3 Å². The first-order valence-electron chi connectivity index (χ1n) is 10.4. The second kappa shape index (κ2) is 12.6. The van der Waals surface area contributed by atoms with Gasteiger partial charge in [0.25, 0.3) is 11.6 Å². The molecule has 0 aliphatic carbocycles. The Balaban J connectivity index is 1.85. The highest BCUT2D eigenvalue weighted by molar-refractivity contribution is 14.1. The van der Waals surface area contributed by atoms with Gasteiger partial charge in [-0.25, -0.2) is 0 Å². The van der Waals surface area contributed by atoms with Crippen LogP contribution in [0.15, 0.2) is 60.2 Å². The number of hydrogen-bond acceptors (Lipinski definition) is 6. The Morgan fingerprint density at radius 3 is 2.61 bits per heavy atom. The molecule has 3 rings (SSSR count). The van der Waals surface area contributed by atoms with E-state index in [2.05, 4.69) is 27.9 Å². The lowest BCUT2D eigenvalue weighted by Crippen LogP contribution is -2.13. The van der Waals surface area contributed by atoms with E-state index >= 15 is 0 Å². The van der Waals surface area contributed by atoms with Crippen molar-refractivity contribution in [1.82, 2.24) is 0 Å². The van der Waals surface area contributed by atoms with Crippen LogP contribution < -0.4 is 14.8 Å². The summed E-state index contributed by atoms with van der Waals surface area (Å²) in [5.41, 5.74) is 1.18. The van der Waals surface area contributed by atoms with E-state index in [1.807, 2.05) is 13.0 Å². The number of carbonyl (C=O) groups is 1. The van der Waals surface area contributed by atoms with Gasteiger partial charge in [0.2, 0.25) is 0 Å². The Labute approximate surface area is 230 Å². The van der Waals surface area contributed by atoms with Crippen LogP contribution in [-0.2, 0) is 11.4 Å². The van der Waals surface area contributed by atoms with E-state index < -0.39 is 10.8 Å². The minimum Gasteiger partial charge on any atom is -0.490 e. The van der Waals surface area contributed by atoms with Gasteiger partial charge < -0.3 is 14.8 Å². The summed E-state index contributed by atoms with van der Waals surface area (Å²) in [6, 6.07) is 15.9. The number of carbonyl (C=O) groups excluding carboxylic acids is 1. The zero-order valence-electron chi connectivity index (χ0n) is 18.8. The fraction of sp³-hybridized carbons (Fsp3) is 0.120. The molecule has 3 aromatic rings. The molecule has 11 heteroatoms. The smallest absolute Gasteiger partial charge is 0.271 e. The lowest BCUT2D eigenvalue weighted by molar-refractivity contribution is -0.384. The number of nitrogens with zero attached hydrogens (tertiary/aromatic N) is 2. The van der Waals surface area contributed by atoms with E-state index in [4.69, 9.17) is 32.7 Å². The van der Waals surface area contributed by atoms with Crippen LogP contribution in [0, 0.1) is 25.0 Å². The molecule has 0 radical (unpaired) electrons. The maximum atomic E-state index is 12.7. The minimum atomic E-state index is -0.703. The number of nitro benzene ring substituents is 1. The van der Waals surface area contributed by atoms with Crippen molar-refractivity contribution >= 4 is 69.2 Å². The number of rotatable bonds is 9. The first kappa shape index (κ1) is 27.3. The van der Waals surface area contributed by atoms with E-state index in [1.165, 1.54) is 30.3 Å². The molecule has 1 N–H and O–H groups in total. The molecule has 0 aromatic heterocycles. The molecule has 8 nitrogen and oxygen atoms in total. The first-order valence-corrected chi connectivity index (χ1v) is 12.3. The normalized spacial score (nSPS) is 10.9. The van der Waals surface area contributed by atoms with Gasteiger partial charge in [0.1, 0.15) is 18.2 Å². The first-order chi connectivity index (χ1) is 17.2. The number of non-ortho nitro benzene ring substituents is 1. The highest BCUT2D eigenvalue weighted by Crippen LogP contribution is 2.36. The van der Waals surface area contributed by atoms with Crippen LogP contribution in [0.25, 0.3) is 6.08 Å². The Hall–Kier alpha value is -3.33. The largest absolute Gasteiger partial charge is 0.490 e. The molecule has 184 valence electrons. The van der Waals surface area contributed by atoms with Gasteiger partial charge in [0.15, 0.2) is 11.5 Å². The summed E-state index contributed by atoms with van der Waals surface area (Å²) in [6.07, 6.45) is 1.40. The third-order valence-corrected chi connectivity index (χ3v) is 6.23. The van der Waals surface area contributed by atoms with Crippen LogP contribution in [0.5, 0.6) is 11.5 Å². The van der Waals surface area contributed by atoms with Crippen molar-refractivity contribution in [3.8, 4) is 17.6 Å². The summed E-state index contributed by atoms with van der Waals surface area (Å²) < 4.78 is 12.4. The average molecular weight is 638 g/mol. The molecule has 0 saturated carbocycles. The average Bonchev–Trinajstić information content (AvgIpc) is 2.84. The Bertz CT molecular complexity index is 1390. The molecule has 36 heavy (non-hydrogen) atoms. The quantitative estimate of drug-likeness (QED) is 0.0886. The molecular weight excluding hydrogens is 620 g/mol. The summed E-state index contributed by atoms with van der Waals surface area (Å²) in [5.74, 6) is 0.234. The molecule has 1 amide bonds. The summed E-state index contributed by atoms with van der Waals surface area (Å²) >= 11 is 14.1. The van der Waals surface area contributed by atoms with Crippen molar-refractivity contribution in [2.24, 2.45) is 0 Å². The number of hydrogen-bond donors (Lipinski definition) is 1. The van der Waals surface area contributed by atoms with Crippen molar-refractivity contribution in [2.45, 2.75) is 13.5 Å². The van der Waals surface area contributed by atoms with Crippen LogP contribution in [0.2, 0.25) is 10.0 Å². The molecule has 0 fully saturated rings. The highest BCUT2D eigenvalue weighted by atomic mass is 127. The Kier molecular flexibility index (Phi) is 9.52. The van der Waals surface area contributed by atoms with Gasteiger partial charge in [0, 0.05) is 17.8 Å². The fourth-order valence-corrected chi connectivity index (χ4v) is 4.17. The van der Waals surface area contributed by atoms with Crippen molar-refractivity contribution in [3.05, 3.63) is 95.0 Å². The molecule has 0 heterocycles. The van der Waals surface area contributed by atoms with Gasteiger partial charge in [-0.05, 0) is 77.0 Å². The molecule has 0 aliphatic rings. The molecular formula is C25H18Cl2IN3O5. The number of amides is 1. The minimum absolute atomic E-state index is 0.178. The maximum Gasteiger partial charge on any atom is 0.271 e. The topological polar surface area (TPSA) is 114 Å². The predicted molar refractivity (Wildman–Crippen MR) is 146 cm³/mol. The number of nitro groups is 1. The van der Waals surface area contributed by atoms with Gasteiger partial charge >= 0.3 is 0 Å². The Morgan fingerprint density at radius 1 is 1.17 bits per heavy atom. The van der Waals surface area contributed by atoms with Gasteiger partial charge in [-0.3, -0.25) is 14.9 Å². The van der Waals surface area contributed by atoms with Gasteiger partial charge in [0.05, 0.1) is 25.1 Å². The second-order valence-corrected chi connectivity index (χ2v) is 9.21. The summed E-state index contributed by atoms with van der Waals surface area (Å²) in [6.45, 7) is 2.41. The molecule has 0 unspecified atom stereocenters. The number of benzene rings is 3. The zero-order chi connectivity index (χ0) is 26.2. The van der Waals surface area contributed by atoms with Gasteiger partial charge in [-0.15, -0.1) is 0 Å². The lowest BCUT2D eigenvalue weighted by Gasteiger charge is -2.15. The number of nitriles is 1. The molecule has 0 saturated heterocycles. The van der Waals surface area contributed by atoms with Crippen LogP contribution in [0.3, 0.4) is 0 Å². The molecule has 0 aliphatic heterocycles. The maximum absolute atomic E-state index is 12.7. The van der Waals surface area contributed by atoms with Crippen LogP contribution in [0.1, 0.15) is 18.1 Å². The van der Waals surface area contributed by atoms with Crippen LogP contribution in [0.4, 0.5) is 11.4 Å². The second-order valence-electron chi connectivity index (χ2n) is 7.23. The Morgan fingerprint density at radius 2 is 1.94 bits per heavy atom. The van der Waals surface area contributed by atoms with E-state index in [0.29, 0.717) is 37.3 Å². The number of anilines is 1. The predicted octanol–water partition coefficient (Wildman–Crippen LogP) is 7.03. The van der Waals surface area contributed by atoms with Crippen molar-refractivity contribution < 1.29 is 19.2 Å². The standard InChI is InChI=1S/C25H18Cl2IN3O5/c1-2-35-23-11-16(10-22(28)24(23)36-14-15-6-7-20(26)21(27)9-15)8-17(13-29)25(32)30-18-4-3-5-19(12-18)31(33)34/h3-12H,2,14H2,1H3,(H,30,32)/b17-8+. The van der Waals surface area contributed by atoms with Gasteiger partial charge in [-0.2, -0.15) is 5.26 Å². The zero-order valence-corrected chi connectivity index (χ0v) is 22.4. The SMILES string of the molecule is CCOc1cc(/C=C(\C#N)C(=O)Nc2cccc([N+](=O)[O-])c2)cc(I)c1OCc1ccc(Cl)c(Cl)c1. The monoisotopic (exact) mass is 637 g/mol. The summed E-state index contributed by atoms with van der Waals surface area (Å²) in [4.78, 5) is 23.0. The molecule has 0 bridgehead atoms. The fourth-order valence-electron chi connectivity index (χ4n) is 3.07. The van der Waals surface area contributed by atoms with Crippen molar-refractivity contribution in [1.29, 1.82) is 5.26 Å². The van der Waals surface area contributed by atoms with Crippen LogP contribution in [-0.4, -0.2) is 17.4 Å². The lowest BCUT2D eigenvalue weighted by atomic mass is 10.1. The van der Waals surface area contributed by atoms with Crippen molar-refractivity contribution in [3.63, 3.8) is 0 Å². The molecule has 0 spiro atoms. The van der Waals surface area contributed by atoms with E-state index in [-0.39, 0.29) is 23.6 Å². The third kappa shape index (κ3) is 7.10.